The molecule has 0 saturated carbocycles. The largest absolute Gasteiger partial charge is 0.355 e. The Morgan fingerprint density at radius 1 is 0.962 bits per heavy atom. The number of carbonyl (C=O) groups is 3. The molecule has 0 aromatic heterocycles. The molecular formula is C18H36N4O3S. The maximum atomic E-state index is 12.4. The van der Waals surface area contributed by atoms with Gasteiger partial charge in [0.1, 0.15) is 0 Å². The van der Waals surface area contributed by atoms with Crippen LogP contribution in [-0.2, 0) is 14.4 Å². The summed E-state index contributed by atoms with van der Waals surface area (Å²) >= 11 is 1.62. The minimum atomic E-state index is -0.629. The lowest BCUT2D eigenvalue weighted by Gasteiger charge is -2.22. The SMILES string of the molecule is CC(C)SCC(N)C(=O)N[C@@H](CCCCNC(=O)[C@H](C)N)C(=O)C(C)C. The number of hydrogen-bond acceptors (Lipinski definition) is 6. The third-order valence-electron chi connectivity index (χ3n) is 3.81. The van der Waals surface area contributed by atoms with E-state index >= 15 is 0 Å². The molecule has 0 saturated heterocycles. The highest BCUT2D eigenvalue weighted by Gasteiger charge is 2.25. The number of carbonyl (C=O) groups excluding carboxylic acids is 3. The molecular weight excluding hydrogens is 352 g/mol. The lowest BCUT2D eigenvalue weighted by atomic mass is 9.97. The van der Waals surface area contributed by atoms with Crippen LogP contribution in [0.3, 0.4) is 0 Å². The summed E-state index contributed by atoms with van der Waals surface area (Å²) in [5.74, 6) is -0.125. The first-order valence-corrected chi connectivity index (χ1v) is 10.4. The Labute approximate surface area is 161 Å². The molecule has 0 radical (unpaired) electrons. The Kier molecular flexibility index (Phi) is 12.5. The smallest absolute Gasteiger partial charge is 0.238 e. The van der Waals surface area contributed by atoms with E-state index in [-0.39, 0.29) is 23.5 Å². The zero-order valence-electron chi connectivity index (χ0n) is 16.7. The van der Waals surface area contributed by atoms with Crippen LogP contribution in [0.4, 0.5) is 0 Å². The average molecular weight is 389 g/mol. The molecule has 1 unspecified atom stereocenters. The summed E-state index contributed by atoms with van der Waals surface area (Å²) in [6.07, 6.45) is 1.95. The van der Waals surface area contributed by atoms with E-state index < -0.39 is 18.1 Å². The van der Waals surface area contributed by atoms with E-state index in [1.54, 1.807) is 18.7 Å². The summed E-state index contributed by atoms with van der Waals surface area (Å²) < 4.78 is 0. The van der Waals surface area contributed by atoms with Gasteiger partial charge in [0, 0.05) is 18.2 Å². The maximum Gasteiger partial charge on any atom is 0.238 e. The first kappa shape index (κ1) is 24.9. The molecule has 0 rings (SSSR count). The van der Waals surface area contributed by atoms with Crippen molar-refractivity contribution in [3.8, 4) is 0 Å². The number of nitrogens with one attached hydrogen (secondary N) is 2. The van der Waals surface area contributed by atoms with Gasteiger partial charge in [0.2, 0.25) is 11.8 Å². The minimum Gasteiger partial charge on any atom is -0.355 e. The van der Waals surface area contributed by atoms with E-state index in [4.69, 9.17) is 11.5 Å². The Morgan fingerprint density at radius 2 is 1.58 bits per heavy atom. The second-order valence-corrected chi connectivity index (χ2v) is 8.79. The first-order chi connectivity index (χ1) is 12.1. The number of unbranched alkanes of at least 4 members (excludes halogenated alkanes) is 1. The van der Waals surface area contributed by atoms with E-state index in [2.05, 4.69) is 10.6 Å². The fourth-order valence-electron chi connectivity index (χ4n) is 2.18. The van der Waals surface area contributed by atoms with E-state index in [0.29, 0.717) is 36.8 Å². The van der Waals surface area contributed by atoms with Crippen LogP contribution in [0, 0.1) is 5.92 Å². The number of amides is 2. The fraction of sp³-hybridized carbons (Fsp3) is 0.833. The van der Waals surface area contributed by atoms with E-state index in [1.165, 1.54) is 0 Å². The van der Waals surface area contributed by atoms with Gasteiger partial charge in [0.25, 0.3) is 0 Å². The van der Waals surface area contributed by atoms with Crippen LogP contribution in [0.5, 0.6) is 0 Å². The predicted octanol–water partition coefficient (Wildman–Crippen LogP) is 0.799. The normalized spacial score (nSPS) is 14.8. The summed E-state index contributed by atoms with van der Waals surface area (Å²) in [5.41, 5.74) is 11.4. The van der Waals surface area contributed by atoms with Crippen molar-refractivity contribution >= 4 is 29.4 Å². The van der Waals surface area contributed by atoms with Crippen LogP contribution in [0.25, 0.3) is 0 Å². The first-order valence-electron chi connectivity index (χ1n) is 9.30. The summed E-state index contributed by atoms with van der Waals surface area (Å²) in [7, 11) is 0. The van der Waals surface area contributed by atoms with Gasteiger partial charge >= 0.3 is 0 Å². The standard InChI is InChI=1S/C18H36N4O3S/c1-11(2)16(23)15(8-6-7-9-21-17(24)13(5)19)22-18(25)14(20)10-26-12(3)4/h11-15H,6-10,19-20H2,1-5H3,(H,21,24)(H,22,25)/t13-,14?,15-/m0/s1. The van der Waals surface area contributed by atoms with Crippen LogP contribution >= 0.6 is 11.8 Å². The predicted molar refractivity (Wildman–Crippen MR) is 108 cm³/mol. The summed E-state index contributed by atoms with van der Waals surface area (Å²) in [6.45, 7) is 9.86. The van der Waals surface area contributed by atoms with Gasteiger partial charge in [0.15, 0.2) is 5.78 Å². The average Bonchev–Trinajstić information content (AvgIpc) is 2.56. The molecule has 3 atom stereocenters. The Bertz CT molecular complexity index is 456. The van der Waals surface area contributed by atoms with Gasteiger partial charge in [-0.15, -0.1) is 0 Å². The molecule has 152 valence electrons. The van der Waals surface area contributed by atoms with Crippen molar-refractivity contribution in [2.75, 3.05) is 12.3 Å². The molecule has 6 N–H and O–H groups in total. The topological polar surface area (TPSA) is 127 Å². The number of thioether (sulfide) groups is 1. The number of rotatable bonds is 13. The van der Waals surface area contributed by atoms with Crippen LogP contribution < -0.4 is 22.1 Å². The van der Waals surface area contributed by atoms with E-state index in [9.17, 15) is 14.4 Å². The van der Waals surface area contributed by atoms with E-state index in [1.807, 2.05) is 27.7 Å². The zero-order valence-corrected chi connectivity index (χ0v) is 17.5. The number of nitrogens with two attached hydrogens (primary N) is 2. The van der Waals surface area contributed by atoms with Crippen molar-refractivity contribution < 1.29 is 14.4 Å². The van der Waals surface area contributed by atoms with Gasteiger partial charge in [0.05, 0.1) is 18.1 Å². The van der Waals surface area contributed by atoms with Crippen LogP contribution in [0.2, 0.25) is 0 Å². The minimum absolute atomic E-state index is 0.00155. The fourth-order valence-corrected chi connectivity index (χ4v) is 2.93. The van der Waals surface area contributed by atoms with Crippen molar-refractivity contribution in [3.63, 3.8) is 0 Å². The van der Waals surface area contributed by atoms with Gasteiger partial charge in [-0.25, -0.2) is 0 Å². The third kappa shape index (κ3) is 10.8. The second-order valence-electron chi connectivity index (χ2n) is 7.18. The van der Waals surface area contributed by atoms with Crippen molar-refractivity contribution in [1.29, 1.82) is 0 Å². The zero-order chi connectivity index (χ0) is 20.3. The molecule has 0 aliphatic carbocycles. The van der Waals surface area contributed by atoms with E-state index in [0.717, 1.165) is 0 Å². The molecule has 2 amide bonds. The van der Waals surface area contributed by atoms with Crippen molar-refractivity contribution in [1.82, 2.24) is 10.6 Å². The van der Waals surface area contributed by atoms with Gasteiger partial charge in [-0.1, -0.05) is 27.7 Å². The van der Waals surface area contributed by atoms with Crippen LogP contribution in [0.1, 0.15) is 53.9 Å². The van der Waals surface area contributed by atoms with Crippen LogP contribution in [-0.4, -0.2) is 53.3 Å². The molecule has 7 nitrogen and oxygen atoms in total. The number of Topliss-reactive ketones (excluding diaryl/α,β-unsaturated/α-hetero) is 1. The monoisotopic (exact) mass is 388 g/mol. The molecule has 26 heavy (non-hydrogen) atoms. The Balaban J connectivity index is 4.47. The molecule has 0 heterocycles. The highest BCUT2D eigenvalue weighted by Crippen LogP contribution is 2.11. The third-order valence-corrected chi connectivity index (χ3v) is 5.03. The number of hydrogen-bond donors (Lipinski definition) is 4. The van der Waals surface area contributed by atoms with Gasteiger partial charge in [-0.3, -0.25) is 14.4 Å². The molecule has 0 aliphatic rings. The second kappa shape index (κ2) is 13.1. The summed E-state index contributed by atoms with van der Waals surface area (Å²) in [6, 6.07) is -1.70. The lowest BCUT2D eigenvalue weighted by Crippen LogP contribution is -2.50. The molecule has 0 fully saturated rings. The molecule has 0 aromatic carbocycles. The van der Waals surface area contributed by atoms with Gasteiger partial charge in [-0.2, -0.15) is 11.8 Å². The lowest BCUT2D eigenvalue weighted by molar-refractivity contribution is -0.130. The Morgan fingerprint density at radius 3 is 2.08 bits per heavy atom. The molecule has 0 spiro atoms. The molecule has 0 aromatic rings. The molecule has 8 heteroatoms. The van der Waals surface area contributed by atoms with Gasteiger partial charge in [-0.05, 0) is 31.4 Å². The quantitative estimate of drug-likeness (QED) is 0.346. The highest BCUT2D eigenvalue weighted by atomic mass is 32.2. The number of ketones is 1. The maximum absolute atomic E-state index is 12.4. The van der Waals surface area contributed by atoms with Crippen molar-refractivity contribution in [2.45, 2.75) is 77.3 Å². The van der Waals surface area contributed by atoms with Crippen molar-refractivity contribution in [3.05, 3.63) is 0 Å². The highest BCUT2D eigenvalue weighted by molar-refractivity contribution is 7.99. The Hall–Kier alpha value is -1.12. The molecule has 0 bridgehead atoms. The van der Waals surface area contributed by atoms with Crippen LogP contribution in [0.15, 0.2) is 0 Å². The van der Waals surface area contributed by atoms with Crippen molar-refractivity contribution in [2.24, 2.45) is 17.4 Å². The summed E-state index contributed by atoms with van der Waals surface area (Å²) in [5, 5.41) is 5.94. The summed E-state index contributed by atoms with van der Waals surface area (Å²) in [4.78, 5) is 36.1. The van der Waals surface area contributed by atoms with Gasteiger partial charge < -0.3 is 22.1 Å². The molecule has 0 aliphatic heterocycles.